The summed E-state index contributed by atoms with van der Waals surface area (Å²) in [5, 5.41) is 11.8. The van der Waals surface area contributed by atoms with Crippen molar-refractivity contribution in [3.8, 4) is 0 Å². The highest BCUT2D eigenvalue weighted by molar-refractivity contribution is 5.78. The summed E-state index contributed by atoms with van der Waals surface area (Å²) in [4.78, 5) is 22.7. The largest absolute Gasteiger partial charge is 0.481 e. The summed E-state index contributed by atoms with van der Waals surface area (Å²) in [7, 11) is 0. The van der Waals surface area contributed by atoms with Crippen LogP contribution >= 0.6 is 0 Å². The molecule has 0 saturated carbocycles. The molecule has 0 heterocycles. The van der Waals surface area contributed by atoms with Crippen LogP contribution in [0.5, 0.6) is 0 Å². The summed E-state index contributed by atoms with van der Waals surface area (Å²) in [6.07, 6.45) is 0.183. The van der Waals surface area contributed by atoms with Gasteiger partial charge in [0.25, 0.3) is 0 Å². The molecule has 0 aliphatic carbocycles. The summed E-state index contributed by atoms with van der Waals surface area (Å²) < 4.78 is 0. The number of hydrogen-bond donors (Lipinski definition) is 2. The third kappa shape index (κ3) is 6.04. The molecule has 1 aromatic carbocycles. The van der Waals surface area contributed by atoms with E-state index in [1.807, 2.05) is 44.2 Å². The number of benzene rings is 1. The molecule has 1 amide bonds. The van der Waals surface area contributed by atoms with Crippen molar-refractivity contribution in [2.24, 2.45) is 5.92 Å². The Morgan fingerprint density at radius 3 is 2.32 bits per heavy atom. The van der Waals surface area contributed by atoms with Crippen molar-refractivity contribution in [3.63, 3.8) is 0 Å². The third-order valence-electron chi connectivity index (χ3n) is 2.83. The van der Waals surface area contributed by atoms with Crippen LogP contribution in [0.25, 0.3) is 0 Å². The predicted molar refractivity (Wildman–Crippen MR) is 73.9 cm³/mol. The van der Waals surface area contributed by atoms with E-state index >= 15 is 0 Å². The van der Waals surface area contributed by atoms with Crippen molar-refractivity contribution in [1.29, 1.82) is 0 Å². The molecular formula is C15H21NO3. The zero-order valence-corrected chi connectivity index (χ0v) is 11.4. The summed E-state index contributed by atoms with van der Waals surface area (Å²) >= 11 is 0. The van der Waals surface area contributed by atoms with E-state index in [-0.39, 0.29) is 24.7 Å². The molecule has 0 aromatic heterocycles. The molecule has 0 saturated heterocycles. The Bertz CT molecular complexity index is 415. The smallest absolute Gasteiger partial charge is 0.303 e. The van der Waals surface area contributed by atoms with Gasteiger partial charge in [-0.05, 0) is 11.5 Å². The maximum atomic E-state index is 11.8. The minimum absolute atomic E-state index is 0.0287. The van der Waals surface area contributed by atoms with E-state index in [1.165, 1.54) is 0 Å². The second kappa shape index (κ2) is 7.56. The number of rotatable bonds is 7. The van der Waals surface area contributed by atoms with Gasteiger partial charge in [0, 0.05) is 18.9 Å². The van der Waals surface area contributed by atoms with Crippen LogP contribution in [0.2, 0.25) is 0 Å². The first kappa shape index (κ1) is 15.2. The molecule has 1 aromatic rings. The van der Waals surface area contributed by atoms with Crippen LogP contribution in [0.1, 0.15) is 38.2 Å². The average Bonchev–Trinajstić information content (AvgIpc) is 2.36. The van der Waals surface area contributed by atoms with E-state index in [1.54, 1.807) is 0 Å². The van der Waals surface area contributed by atoms with Gasteiger partial charge in [0.15, 0.2) is 0 Å². The van der Waals surface area contributed by atoms with Gasteiger partial charge in [0.2, 0.25) is 5.91 Å². The minimum atomic E-state index is -0.884. The van der Waals surface area contributed by atoms with Crippen molar-refractivity contribution < 1.29 is 14.7 Å². The van der Waals surface area contributed by atoms with Gasteiger partial charge >= 0.3 is 5.97 Å². The Labute approximate surface area is 113 Å². The SMILES string of the molecule is CC(C)CNC(=O)CC(CC(=O)O)c1ccccc1. The number of nitrogens with one attached hydrogen (secondary N) is 1. The fourth-order valence-corrected chi connectivity index (χ4v) is 1.86. The van der Waals surface area contributed by atoms with Crippen LogP contribution in [0.4, 0.5) is 0 Å². The Kier molecular flexibility index (Phi) is 6.06. The number of carbonyl (C=O) groups is 2. The number of aliphatic carboxylic acids is 1. The van der Waals surface area contributed by atoms with Crippen LogP contribution in [0.3, 0.4) is 0 Å². The molecule has 104 valence electrons. The number of carboxylic acid groups (broad SMARTS) is 1. The fourth-order valence-electron chi connectivity index (χ4n) is 1.86. The first-order valence-electron chi connectivity index (χ1n) is 6.52. The Hall–Kier alpha value is -1.84. The Morgan fingerprint density at radius 2 is 1.79 bits per heavy atom. The van der Waals surface area contributed by atoms with Crippen molar-refractivity contribution in [2.45, 2.75) is 32.6 Å². The van der Waals surface area contributed by atoms with Gasteiger partial charge in [0.1, 0.15) is 0 Å². The summed E-state index contributed by atoms with van der Waals surface area (Å²) in [5.41, 5.74) is 0.893. The van der Waals surface area contributed by atoms with E-state index in [0.717, 1.165) is 5.56 Å². The lowest BCUT2D eigenvalue weighted by Crippen LogP contribution is -2.29. The van der Waals surface area contributed by atoms with Gasteiger partial charge in [-0.25, -0.2) is 0 Å². The van der Waals surface area contributed by atoms with Crippen LogP contribution in [0, 0.1) is 5.92 Å². The quantitative estimate of drug-likeness (QED) is 0.794. The summed E-state index contributed by atoms with van der Waals surface area (Å²) in [6, 6.07) is 9.32. The molecule has 0 spiro atoms. The topological polar surface area (TPSA) is 66.4 Å². The molecule has 0 aliphatic rings. The van der Waals surface area contributed by atoms with Gasteiger partial charge in [-0.15, -0.1) is 0 Å². The lowest BCUT2D eigenvalue weighted by Gasteiger charge is -2.15. The molecule has 1 unspecified atom stereocenters. The second-order valence-electron chi connectivity index (χ2n) is 5.11. The molecule has 2 N–H and O–H groups in total. The van der Waals surface area contributed by atoms with E-state index in [0.29, 0.717) is 12.5 Å². The molecular weight excluding hydrogens is 242 g/mol. The van der Waals surface area contributed by atoms with Crippen LogP contribution in [-0.2, 0) is 9.59 Å². The zero-order valence-electron chi connectivity index (χ0n) is 11.4. The van der Waals surface area contributed by atoms with E-state index in [2.05, 4.69) is 5.32 Å². The molecule has 0 fully saturated rings. The normalized spacial score (nSPS) is 12.2. The van der Waals surface area contributed by atoms with Gasteiger partial charge in [-0.3, -0.25) is 9.59 Å². The molecule has 1 rings (SSSR count). The Morgan fingerprint density at radius 1 is 1.16 bits per heavy atom. The highest BCUT2D eigenvalue weighted by Gasteiger charge is 2.19. The molecule has 19 heavy (non-hydrogen) atoms. The first-order chi connectivity index (χ1) is 8.99. The number of carboxylic acids is 1. The van der Waals surface area contributed by atoms with E-state index in [4.69, 9.17) is 5.11 Å². The van der Waals surface area contributed by atoms with Crippen molar-refractivity contribution in [3.05, 3.63) is 35.9 Å². The lowest BCUT2D eigenvalue weighted by atomic mass is 9.92. The fraction of sp³-hybridized carbons (Fsp3) is 0.467. The maximum absolute atomic E-state index is 11.8. The van der Waals surface area contributed by atoms with Gasteiger partial charge in [0.05, 0.1) is 6.42 Å². The third-order valence-corrected chi connectivity index (χ3v) is 2.83. The summed E-state index contributed by atoms with van der Waals surface area (Å²) in [6.45, 7) is 4.66. The highest BCUT2D eigenvalue weighted by atomic mass is 16.4. The standard InChI is InChI=1S/C15H21NO3/c1-11(2)10-16-14(17)8-13(9-15(18)19)12-6-4-3-5-7-12/h3-7,11,13H,8-10H2,1-2H3,(H,16,17)(H,18,19). The molecule has 4 nitrogen and oxygen atoms in total. The maximum Gasteiger partial charge on any atom is 0.303 e. The minimum Gasteiger partial charge on any atom is -0.481 e. The van der Waals surface area contributed by atoms with E-state index < -0.39 is 5.97 Å². The van der Waals surface area contributed by atoms with Crippen molar-refractivity contribution in [2.75, 3.05) is 6.54 Å². The molecule has 4 heteroatoms. The number of carbonyl (C=O) groups excluding carboxylic acids is 1. The average molecular weight is 263 g/mol. The summed E-state index contributed by atoms with van der Waals surface area (Å²) in [5.74, 6) is -0.862. The van der Waals surface area contributed by atoms with Gasteiger partial charge in [-0.2, -0.15) is 0 Å². The van der Waals surface area contributed by atoms with Crippen molar-refractivity contribution >= 4 is 11.9 Å². The first-order valence-corrected chi connectivity index (χ1v) is 6.52. The van der Waals surface area contributed by atoms with Crippen LogP contribution < -0.4 is 5.32 Å². The van der Waals surface area contributed by atoms with E-state index in [9.17, 15) is 9.59 Å². The molecule has 0 bridgehead atoms. The number of hydrogen-bond acceptors (Lipinski definition) is 2. The molecule has 0 aliphatic heterocycles. The predicted octanol–water partition coefficient (Wildman–Crippen LogP) is 2.41. The van der Waals surface area contributed by atoms with Gasteiger partial charge in [-0.1, -0.05) is 44.2 Å². The van der Waals surface area contributed by atoms with Crippen molar-refractivity contribution in [1.82, 2.24) is 5.32 Å². The van der Waals surface area contributed by atoms with Gasteiger partial charge < -0.3 is 10.4 Å². The molecule has 0 radical (unpaired) electrons. The van der Waals surface area contributed by atoms with Crippen LogP contribution in [-0.4, -0.2) is 23.5 Å². The second-order valence-corrected chi connectivity index (χ2v) is 5.11. The lowest BCUT2D eigenvalue weighted by molar-refractivity contribution is -0.137. The highest BCUT2D eigenvalue weighted by Crippen LogP contribution is 2.23. The Balaban J connectivity index is 2.65. The van der Waals surface area contributed by atoms with Crippen LogP contribution in [0.15, 0.2) is 30.3 Å². The monoisotopic (exact) mass is 263 g/mol. The number of amides is 1. The molecule has 1 atom stereocenters. The zero-order chi connectivity index (χ0) is 14.3.